The van der Waals surface area contributed by atoms with Crippen molar-refractivity contribution in [3.63, 3.8) is 0 Å². The highest BCUT2D eigenvalue weighted by Gasteiger charge is 2.28. The van der Waals surface area contributed by atoms with Crippen molar-refractivity contribution in [2.75, 3.05) is 38.7 Å². The van der Waals surface area contributed by atoms with Crippen molar-refractivity contribution in [2.45, 2.75) is 31.8 Å². The molecule has 7 heteroatoms. The monoisotopic (exact) mass is 303 g/mol. The number of nitrogens with one attached hydrogen (secondary N) is 1. The summed E-state index contributed by atoms with van der Waals surface area (Å²) in [6.45, 7) is 4.23. The SMILES string of the molecule is CCC1CN(C(=O)N[C@@H](CCSC)C(=O)O)CCN1C. The number of hydrogen-bond acceptors (Lipinski definition) is 4. The number of carboxylic acids is 1. The number of amides is 2. The van der Waals surface area contributed by atoms with Crippen LogP contribution in [0.2, 0.25) is 0 Å². The molecule has 0 bridgehead atoms. The van der Waals surface area contributed by atoms with Gasteiger partial charge in [0.15, 0.2) is 0 Å². The molecular weight excluding hydrogens is 278 g/mol. The predicted octanol–water partition coefficient (Wildman–Crippen LogP) is 0.928. The Kier molecular flexibility index (Phi) is 7.15. The number of carboxylic acid groups (broad SMARTS) is 1. The first-order chi connectivity index (χ1) is 9.49. The maximum atomic E-state index is 12.2. The lowest BCUT2D eigenvalue weighted by molar-refractivity contribution is -0.139. The van der Waals surface area contributed by atoms with Crippen LogP contribution in [0, 0.1) is 0 Å². The van der Waals surface area contributed by atoms with Crippen LogP contribution in [0.1, 0.15) is 19.8 Å². The third kappa shape index (κ3) is 4.86. The fourth-order valence-electron chi connectivity index (χ4n) is 2.30. The van der Waals surface area contributed by atoms with Crippen molar-refractivity contribution in [1.82, 2.24) is 15.1 Å². The van der Waals surface area contributed by atoms with Crippen LogP contribution in [0.5, 0.6) is 0 Å². The van der Waals surface area contributed by atoms with Crippen LogP contribution in [0.15, 0.2) is 0 Å². The van der Waals surface area contributed by atoms with E-state index in [1.807, 2.05) is 6.26 Å². The van der Waals surface area contributed by atoms with Crippen molar-refractivity contribution in [3.8, 4) is 0 Å². The van der Waals surface area contributed by atoms with Gasteiger partial charge >= 0.3 is 12.0 Å². The number of rotatable bonds is 6. The number of piperazine rings is 1. The molecule has 1 fully saturated rings. The summed E-state index contributed by atoms with van der Waals surface area (Å²) in [4.78, 5) is 27.3. The fourth-order valence-corrected chi connectivity index (χ4v) is 2.78. The van der Waals surface area contributed by atoms with Crippen LogP contribution in [-0.2, 0) is 4.79 Å². The van der Waals surface area contributed by atoms with Crippen LogP contribution in [0.4, 0.5) is 4.79 Å². The van der Waals surface area contributed by atoms with E-state index in [1.54, 1.807) is 16.7 Å². The van der Waals surface area contributed by atoms with Gasteiger partial charge < -0.3 is 15.3 Å². The lowest BCUT2D eigenvalue weighted by atomic mass is 10.1. The Morgan fingerprint density at radius 2 is 2.15 bits per heavy atom. The van der Waals surface area contributed by atoms with Crippen molar-refractivity contribution in [2.24, 2.45) is 0 Å². The lowest BCUT2D eigenvalue weighted by Crippen LogP contribution is -2.57. The largest absolute Gasteiger partial charge is 0.480 e. The van der Waals surface area contributed by atoms with Crippen LogP contribution < -0.4 is 5.32 Å². The van der Waals surface area contributed by atoms with E-state index in [2.05, 4.69) is 24.2 Å². The molecule has 1 saturated heterocycles. The molecule has 2 atom stereocenters. The second kappa shape index (κ2) is 8.36. The first-order valence-corrected chi connectivity index (χ1v) is 8.36. The number of nitrogens with zero attached hydrogens (tertiary/aromatic N) is 2. The highest BCUT2D eigenvalue weighted by molar-refractivity contribution is 7.98. The van der Waals surface area contributed by atoms with Gasteiger partial charge in [-0.05, 0) is 31.9 Å². The van der Waals surface area contributed by atoms with E-state index in [1.165, 1.54) is 0 Å². The smallest absolute Gasteiger partial charge is 0.326 e. The molecule has 2 amide bonds. The van der Waals surface area contributed by atoms with E-state index in [0.717, 1.165) is 18.7 Å². The molecule has 116 valence electrons. The summed E-state index contributed by atoms with van der Waals surface area (Å²) in [5.41, 5.74) is 0. The van der Waals surface area contributed by atoms with Crippen LogP contribution in [-0.4, -0.2) is 77.7 Å². The van der Waals surface area contributed by atoms with Crippen molar-refractivity contribution in [1.29, 1.82) is 0 Å². The Morgan fingerprint density at radius 3 is 2.70 bits per heavy atom. The number of urea groups is 1. The van der Waals surface area contributed by atoms with Gasteiger partial charge in [0, 0.05) is 25.7 Å². The number of hydrogen-bond donors (Lipinski definition) is 2. The maximum Gasteiger partial charge on any atom is 0.326 e. The van der Waals surface area contributed by atoms with Crippen molar-refractivity contribution >= 4 is 23.8 Å². The zero-order valence-electron chi connectivity index (χ0n) is 12.5. The minimum atomic E-state index is -0.964. The molecule has 0 spiro atoms. The summed E-state index contributed by atoms with van der Waals surface area (Å²) in [5, 5.41) is 11.8. The zero-order valence-corrected chi connectivity index (χ0v) is 13.3. The molecule has 0 aromatic carbocycles. The number of carbonyl (C=O) groups excluding carboxylic acids is 1. The molecular formula is C13H25N3O3S. The average Bonchev–Trinajstić information content (AvgIpc) is 2.43. The number of carbonyl (C=O) groups is 2. The van der Waals surface area contributed by atoms with Gasteiger partial charge in [-0.3, -0.25) is 4.90 Å². The zero-order chi connectivity index (χ0) is 15.1. The highest BCUT2D eigenvalue weighted by atomic mass is 32.2. The molecule has 0 aliphatic carbocycles. The Balaban J connectivity index is 2.53. The minimum absolute atomic E-state index is 0.259. The summed E-state index contributed by atoms with van der Waals surface area (Å²) >= 11 is 1.58. The molecule has 0 saturated carbocycles. The number of likely N-dealkylation sites (N-methyl/N-ethyl adjacent to an activating group) is 1. The topological polar surface area (TPSA) is 72.9 Å². The number of aliphatic carboxylic acids is 1. The van der Waals surface area contributed by atoms with Crippen LogP contribution in [0.25, 0.3) is 0 Å². The van der Waals surface area contributed by atoms with Gasteiger partial charge in [0.25, 0.3) is 0 Å². The van der Waals surface area contributed by atoms with E-state index >= 15 is 0 Å². The Morgan fingerprint density at radius 1 is 1.45 bits per heavy atom. The molecule has 1 aliphatic rings. The standard InChI is InChI=1S/C13H25N3O3S/c1-4-10-9-16(7-6-15(10)2)13(19)14-11(12(17)18)5-8-20-3/h10-11H,4-9H2,1-3H3,(H,14,19)(H,17,18)/t10?,11-/m0/s1. The van der Waals surface area contributed by atoms with Gasteiger partial charge in [0.05, 0.1) is 0 Å². The van der Waals surface area contributed by atoms with E-state index in [9.17, 15) is 9.59 Å². The van der Waals surface area contributed by atoms with Gasteiger partial charge in [0.2, 0.25) is 0 Å². The first-order valence-electron chi connectivity index (χ1n) is 6.97. The molecule has 2 N–H and O–H groups in total. The van der Waals surface area contributed by atoms with Gasteiger partial charge in [-0.1, -0.05) is 6.92 Å². The third-order valence-electron chi connectivity index (χ3n) is 3.74. The van der Waals surface area contributed by atoms with E-state index in [-0.39, 0.29) is 6.03 Å². The Labute approximate surface area is 124 Å². The lowest BCUT2D eigenvalue weighted by Gasteiger charge is -2.39. The Bertz CT molecular complexity index is 341. The molecule has 1 heterocycles. The quantitative estimate of drug-likeness (QED) is 0.763. The van der Waals surface area contributed by atoms with Gasteiger partial charge in [0.1, 0.15) is 6.04 Å². The van der Waals surface area contributed by atoms with Gasteiger partial charge in [-0.15, -0.1) is 0 Å². The second-order valence-corrected chi connectivity index (χ2v) is 6.10. The second-order valence-electron chi connectivity index (χ2n) is 5.11. The fraction of sp³-hybridized carbons (Fsp3) is 0.846. The molecule has 6 nitrogen and oxygen atoms in total. The van der Waals surface area contributed by atoms with Crippen LogP contribution in [0.3, 0.4) is 0 Å². The van der Waals surface area contributed by atoms with Crippen molar-refractivity contribution in [3.05, 3.63) is 0 Å². The predicted molar refractivity (Wildman–Crippen MR) is 81.2 cm³/mol. The molecule has 1 rings (SSSR count). The Hall–Kier alpha value is -0.950. The van der Waals surface area contributed by atoms with Crippen molar-refractivity contribution < 1.29 is 14.7 Å². The first kappa shape index (κ1) is 17.1. The molecule has 1 unspecified atom stereocenters. The number of thioether (sulfide) groups is 1. The molecule has 0 aromatic heterocycles. The average molecular weight is 303 g/mol. The minimum Gasteiger partial charge on any atom is -0.480 e. The maximum absolute atomic E-state index is 12.2. The third-order valence-corrected chi connectivity index (χ3v) is 4.39. The van der Waals surface area contributed by atoms with Gasteiger partial charge in [-0.25, -0.2) is 9.59 Å². The highest BCUT2D eigenvalue weighted by Crippen LogP contribution is 2.11. The summed E-state index contributed by atoms with van der Waals surface area (Å²) in [5.74, 6) is -0.244. The van der Waals surface area contributed by atoms with E-state index < -0.39 is 12.0 Å². The normalized spacial score (nSPS) is 21.6. The van der Waals surface area contributed by atoms with E-state index in [4.69, 9.17) is 5.11 Å². The molecule has 0 radical (unpaired) electrons. The summed E-state index contributed by atoms with van der Waals surface area (Å²) in [7, 11) is 2.06. The van der Waals surface area contributed by atoms with E-state index in [0.29, 0.717) is 25.6 Å². The van der Waals surface area contributed by atoms with Crippen LogP contribution >= 0.6 is 11.8 Å². The molecule has 20 heavy (non-hydrogen) atoms. The molecule has 1 aliphatic heterocycles. The molecule has 0 aromatic rings. The summed E-state index contributed by atoms with van der Waals surface area (Å²) in [6.07, 6.45) is 3.36. The van der Waals surface area contributed by atoms with Gasteiger partial charge in [-0.2, -0.15) is 11.8 Å². The summed E-state index contributed by atoms with van der Waals surface area (Å²) in [6, 6.07) is -0.705. The summed E-state index contributed by atoms with van der Waals surface area (Å²) < 4.78 is 0.